The monoisotopic (exact) mass is 480 g/mol. The van der Waals surface area contributed by atoms with Crippen LogP contribution >= 0.6 is 24.0 Å². The van der Waals surface area contributed by atoms with Gasteiger partial charge in [-0.2, -0.15) is 0 Å². The molecule has 1 amide bonds. The molecular weight excluding hydrogens is 455 g/mol. The largest absolute Gasteiger partial charge is 0.482 e. The summed E-state index contributed by atoms with van der Waals surface area (Å²) in [5.74, 6) is 1.16. The van der Waals surface area contributed by atoms with E-state index in [2.05, 4.69) is 22.4 Å². The van der Waals surface area contributed by atoms with Crippen molar-refractivity contribution < 1.29 is 9.53 Å². The first-order valence-electron chi connectivity index (χ1n) is 8.84. The van der Waals surface area contributed by atoms with Crippen LogP contribution in [-0.4, -0.2) is 38.1 Å². The van der Waals surface area contributed by atoms with Crippen molar-refractivity contribution in [2.45, 2.75) is 12.8 Å². The highest BCUT2D eigenvalue weighted by atomic mass is 127. The number of benzene rings is 2. The van der Waals surface area contributed by atoms with Crippen molar-refractivity contribution in [1.29, 1.82) is 0 Å². The molecule has 3 rings (SSSR count). The molecule has 144 valence electrons. The van der Waals surface area contributed by atoms with E-state index in [0.717, 1.165) is 30.8 Å². The molecule has 0 saturated carbocycles. The number of fused-ring (bicyclic) bond motifs is 1. The van der Waals surface area contributed by atoms with Crippen LogP contribution in [-0.2, 0) is 11.2 Å². The fraction of sp³-hybridized carbons (Fsp3) is 0.300. The molecule has 2 aromatic rings. The van der Waals surface area contributed by atoms with Crippen LogP contribution in [0.1, 0.15) is 12.0 Å². The number of nitrogens with one attached hydrogen (secondary N) is 1. The SMILES string of the molecule is I.NC(=NCCCN1C(=O)COc2ccccc21)NCCc1ccccc1. The van der Waals surface area contributed by atoms with Gasteiger partial charge in [-0.25, -0.2) is 0 Å². The van der Waals surface area contributed by atoms with Gasteiger partial charge in [0.05, 0.1) is 5.69 Å². The molecule has 3 N–H and O–H groups in total. The first kappa shape index (κ1) is 21.0. The molecule has 0 aliphatic carbocycles. The highest BCUT2D eigenvalue weighted by Crippen LogP contribution is 2.31. The molecule has 0 bridgehead atoms. The number of carbonyl (C=O) groups excluding carboxylic acids is 1. The third-order valence-electron chi connectivity index (χ3n) is 4.19. The van der Waals surface area contributed by atoms with Crippen LogP contribution in [0, 0.1) is 0 Å². The van der Waals surface area contributed by atoms with Crippen molar-refractivity contribution in [2.75, 3.05) is 31.1 Å². The Balaban J connectivity index is 0.00000261. The second kappa shape index (κ2) is 10.8. The smallest absolute Gasteiger partial charge is 0.265 e. The van der Waals surface area contributed by atoms with Crippen LogP contribution in [0.5, 0.6) is 5.75 Å². The summed E-state index contributed by atoms with van der Waals surface area (Å²) in [6, 6.07) is 17.8. The molecule has 0 fully saturated rings. The van der Waals surface area contributed by atoms with Gasteiger partial charge in [0.2, 0.25) is 0 Å². The summed E-state index contributed by atoms with van der Waals surface area (Å²) in [5, 5.41) is 3.12. The predicted molar refractivity (Wildman–Crippen MR) is 119 cm³/mol. The van der Waals surface area contributed by atoms with Crippen molar-refractivity contribution in [1.82, 2.24) is 5.32 Å². The van der Waals surface area contributed by atoms with Crippen molar-refractivity contribution in [2.24, 2.45) is 10.7 Å². The van der Waals surface area contributed by atoms with Crippen molar-refractivity contribution in [3.63, 3.8) is 0 Å². The van der Waals surface area contributed by atoms with E-state index in [4.69, 9.17) is 10.5 Å². The zero-order valence-corrected chi connectivity index (χ0v) is 17.5. The Labute approximate surface area is 176 Å². The Bertz CT molecular complexity index is 768. The number of amides is 1. The van der Waals surface area contributed by atoms with Gasteiger partial charge in [-0.3, -0.25) is 9.79 Å². The first-order chi connectivity index (χ1) is 12.7. The van der Waals surface area contributed by atoms with Crippen LogP contribution in [0.2, 0.25) is 0 Å². The van der Waals surface area contributed by atoms with Gasteiger partial charge >= 0.3 is 0 Å². The van der Waals surface area contributed by atoms with E-state index in [-0.39, 0.29) is 36.5 Å². The van der Waals surface area contributed by atoms with Gasteiger partial charge in [0.15, 0.2) is 12.6 Å². The lowest BCUT2D eigenvalue weighted by Gasteiger charge is -2.29. The second-order valence-electron chi connectivity index (χ2n) is 6.08. The Hall–Kier alpha value is -2.29. The van der Waals surface area contributed by atoms with Crippen LogP contribution in [0.3, 0.4) is 0 Å². The minimum Gasteiger partial charge on any atom is -0.482 e. The van der Waals surface area contributed by atoms with Crippen LogP contribution in [0.15, 0.2) is 59.6 Å². The van der Waals surface area contributed by atoms with E-state index in [1.165, 1.54) is 5.56 Å². The van der Waals surface area contributed by atoms with Gasteiger partial charge in [-0.15, -0.1) is 24.0 Å². The molecule has 0 spiro atoms. The highest BCUT2D eigenvalue weighted by Gasteiger charge is 2.24. The quantitative estimate of drug-likeness (QED) is 0.277. The van der Waals surface area contributed by atoms with E-state index < -0.39 is 0 Å². The minimum absolute atomic E-state index is 0. The number of guanidine groups is 1. The number of nitrogens with zero attached hydrogens (tertiary/aromatic N) is 2. The van der Waals surface area contributed by atoms with Gasteiger partial charge in [0, 0.05) is 19.6 Å². The van der Waals surface area contributed by atoms with E-state index in [1.54, 1.807) is 4.90 Å². The van der Waals surface area contributed by atoms with Gasteiger partial charge in [-0.1, -0.05) is 42.5 Å². The highest BCUT2D eigenvalue weighted by molar-refractivity contribution is 14.0. The summed E-state index contributed by atoms with van der Waals surface area (Å²) in [6.07, 6.45) is 1.64. The third kappa shape index (κ3) is 6.13. The summed E-state index contributed by atoms with van der Waals surface area (Å²) >= 11 is 0. The fourth-order valence-electron chi connectivity index (χ4n) is 2.86. The first-order valence-corrected chi connectivity index (χ1v) is 8.84. The van der Waals surface area contributed by atoms with Gasteiger partial charge in [-0.05, 0) is 30.5 Å². The molecule has 6 nitrogen and oxygen atoms in total. The summed E-state index contributed by atoms with van der Waals surface area (Å²) in [6.45, 7) is 2.00. The third-order valence-corrected chi connectivity index (χ3v) is 4.19. The molecule has 0 atom stereocenters. The lowest BCUT2D eigenvalue weighted by molar-refractivity contribution is -0.121. The van der Waals surface area contributed by atoms with Crippen LogP contribution in [0.25, 0.3) is 0 Å². The maximum Gasteiger partial charge on any atom is 0.265 e. The lowest BCUT2D eigenvalue weighted by atomic mass is 10.1. The summed E-state index contributed by atoms with van der Waals surface area (Å²) in [4.78, 5) is 18.2. The van der Waals surface area contributed by atoms with Gasteiger partial charge < -0.3 is 20.7 Å². The number of rotatable bonds is 7. The second-order valence-corrected chi connectivity index (χ2v) is 6.08. The fourth-order valence-corrected chi connectivity index (χ4v) is 2.86. The summed E-state index contributed by atoms with van der Waals surface area (Å²) < 4.78 is 5.44. The molecule has 27 heavy (non-hydrogen) atoms. The molecule has 1 heterocycles. The van der Waals surface area contributed by atoms with Gasteiger partial charge in [0.25, 0.3) is 5.91 Å². The van der Waals surface area contributed by atoms with Crippen LogP contribution < -0.4 is 20.7 Å². The zero-order chi connectivity index (χ0) is 18.2. The molecule has 0 aromatic heterocycles. The molecular formula is C20H25IN4O2. The number of carbonyl (C=O) groups is 1. The molecule has 1 aliphatic heterocycles. The van der Waals surface area contributed by atoms with E-state index in [1.807, 2.05) is 42.5 Å². The molecule has 2 aromatic carbocycles. The number of halogens is 1. The summed E-state index contributed by atoms with van der Waals surface area (Å²) in [7, 11) is 0. The predicted octanol–water partition coefficient (Wildman–Crippen LogP) is 2.57. The van der Waals surface area contributed by atoms with Gasteiger partial charge in [0.1, 0.15) is 5.75 Å². The Morgan fingerprint density at radius 3 is 2.70 bits per heavy atom. The van der Waals surface area contributed by atoms with E-state index in [9.17, 15) is 4.79 Å². The average molecular weight is 480 g/mol. The maximum absolute atomic E-state index is 12.1. The van der Waals surface area contributed by atoms with Crippen molar-refractivity contribution in [3.8, 4) is 5.75 Å². The summed E-state index contributed by atoms with van der Waals surface area (Å²) in [5.41, 5.74) is 7.98. The number of anilines is 1. The number of para-hydroxylation sites is 2. The molecule has 1 aliphatic rings. The lowest BCUT2D eigenvalue weighted by Crippen LogP contribution is -2.39. The Morgan fingerprint density at radius 2 is 1.89 bits per heavy atom. The molecule has 0 unspecified atom stereocenters. The Morgan fingerprint density at radius 1 is 1.15 bits per heavy atom. The van der Waals surface area contributed by atoms with Crippen molar-refractivity contribution >= 4 is 41.5 Å². The minimum atomic E-state index is -0.0263. The topological polar surface area (TPSA) is 80.0 Å². The zero-order valence-electron chi connectivity index (χ0n) is 15.1. The number of nitrogens with two attached hydrogens (primary N) is 1. The molecule has 0 saturated heterocycles. The number of aliphatic imine (C=N–C) groups is 1. The van der Waals surface area contributed by atoms with E-state index in [0.29, 0.717) is 19.0 Å². The number of hydrogen-bond acceptors (Lipinski definition) is 3. The Kier molecular flexibility index (Phi) is 8.38. The maximum atomic E-state index is 12.1. The molecule has 0 radical (unpaired) electrons. The number of hydrogen-bond donors (Lipinski definition) is 2. The standard InChI is InChI=1S/C20H24N4O2.HI/c21-20(23-13-11-16-7-2-1-3-8-16)22-12-6-14-24-17-9-4-5-10-18(17)26-15-19(24)25;/h1-5,7-10H,6,11-15H2,(H3,21,22,23);1H. The number of ether oxygens (including phenoxy) is 1. The van der Waals surface area contributed by atoms with Crippen LogP contribution in [0.4, 0.5) is 5.69 Å². The average Bonchev–Trinajstić information content (AvgIpc) is 2.67. The normalized spacial score (nSPS) is 13.4. The van der Waals surface area contributed by atoms with E-state index >= 15 is 0 Å². The molecule has 7 heteroatoms. The van der Waals surface area contributed by atoms with Crippen molar-refractivity contribution in [3.05, 3.63) is 60.2 Å².